The molecule has 4 rings (SSSR count). The molecule has 9 heteroatoms. The number of carbonyl (C=O) groups is 1. The molecule has 3 aromatic carbocycles. The van der Waals surface area contributed by atoms with Gasteiger partial charge in [-0.15, -0.1) is 10.2 Å². The minimum absolute atomic E-state index is 0.0425. The van der Waals surface area contributed by atoms with Crippen LogP contribution in [0.3, 0.4) is 0 Å². The summed E-state index contributed by atoms with van der Waals surface area (Å²) in [5, 5.41) is 13.1. The third kappa shape index (κ3) is 5.27. The molecule has 0 aliphatic carbocycles. The lowest BCUT2D eigenvalue weighted by atomic mass is 10.1. The maximum absolute atomic E-state index is 14.1. The van der Waals surface area contributed by atoms with Gasteiger partial charge in [0.05, 0.1) is 22.3 Å². The van der Waals surface area contributed by atoms with E-state index in [1.165, 1.54) is 41.1 Å². The Morgan fingerprint density at radius 3 is 2.56 bits per heavy atom. The fraction of sp³-hybridized carbons (Fsp3) is 0.160. The maximum atomic E-state index is 14.1. The van der Waals surface area contributed by atoms with Gasteiger partial charge in [0, 0.05) is 10.8 Å². The van der Waals surface area contributed by atoms with Crippen molar-refractivity contribution < 1.29 is 9.18 Å². The summed E-state index contributed by atoms with van der Waals surface area (Å²) >= 11 is 14.1. The number of hydrogen-bond acceptors (Lipinski definition) is 4. The van der Waals surface area contributed by atoms with Crippen LogP contribution in [0.4, 0.5) is 4.39 Å². The largest absolute Gasteiger partial charge is 0.342 e. The highest BCUT2D eigenvalue weighted by atomic mass is 35.5. The van der Waals surface area contributed by atoms with Gasteiger partial charge in [-0.05, 0) is 55.3 Å². The number of aromatic nitrogens is 3. The van der Waals surface area contributed by atoms with Gasteiger partial charge in [-0.2, -0.15) is 0 Å². The highest BCUT2D eigenvalue weighted by Crippen LogP contribution is 2.32. The Kier molecular flexibility index (Phi) is 7.56. The molecule has 0 spiro atoms. The Morgan fingerprint density at radius 2 is 1.82 bits per heavy atom. The number of benzene rings is 3. The van der Waals surface area contributed by atoms with Crippen molar-refractivity contribution in [3.63, 3.8) is 0 Å². The second kappa shape index (κ2) is 10.6. The van der Waals surface area contributed by atoms with Crippen LogP contribution in [-0.4, -0.2) is 20.7 Å². The lowest BCUT2D eigenvalue weighted by Crippen LogP contribution is -2.29. The Morgan fingerprint density at radius 1 is 1.09 bits per heavy atom. The number of amides is 1. The first kappa shape index (κ1) is 24.3. The minimum Gasteiger partial charge on any atom is -0.342 e. The number of thioether (sulfide) groups is 1. The lowest BCUT2D eigenvalue weighted by molar-refractivity contribution is 0.0934. The van der Waals surface area contributed by atoms with Crippen LogP contribution in [0.25, 0.3) is 5.69 Å². The topological polar surface area (TPSA) is 59.8 Å². The first-order chi connectivity index (χ1) is 16.3. The summed E-state index contributed by atoms with van der Waals surface area (Å²) in [5.74, 6) is -0.00652. The highest BCUT2D eigenvalue weighted by Gasteiger charge is 2.24. The van der Waals surface area contributed by atoms with Gasteiger partial charge >= 0.3 is 0 Å². The zero-order chi connectivity index (χ0) is 24.2. The standard InChI is InChI=1S/C25H21Cl2FN4OS/c1-15-7-3-4-8-17(15)14-34-25-31-30-23(32(25)22-12-11-18(26)13-20(22)27)16(2)29-24(33)19-9-5-6-10-21(19)28/h3-13,16H,14H2,1-2H3,(H,29,33). The van der Waals surface area contributed by atoms with Crippen molar-refractivity contribution in [2.24, 2.45) is 0 Å². The van der Waals surface area contributed by atoms with Crippen molar-refractivity contribution in [2.75, 3.05) is 0 Å². The van der Waals surface area contributed by atoms with E-state index >= 15 is 0 Å². The summed E-state index contributed by atoms with van der Waals surface area (Å²) in [6.45, 7) is 3.82. The van der Waals surface area contributed by atoms with E-state index in [-0.39, 0.29) is 5.56 Å². The summed E-state index contributed by atoms with van der Waals surface area (Å²) < 4.78 is 15.9. The van der Waals surface area contributed by atoms with Gasteiger partial charge < -0.3 is 5.32 Å². The van der Waals surface area contributed by atoms with Gasteiger partial charge in [0.2, 0.25) is 0 Å². The molecule has 5 nitrogen and oxygen atoms in total. The van der Waals surface area contributed by atoms with E-state index in [4.69, 9.17) is 23.2 Å². The molecule has 0 bridgehead atoms. The average molecular weight is 515 g/mol. The summed E-state index contributed by atoms with van der Waals surface area (Å²) in [6.07, 6.45) is 0. The molecule has 174 valence electrons. The fourth-order valence-corrected chi connectivity index (χ4v) is 4.96. The van der Waals surface area contributed by atoms with Gasteiger partial charge in [0.25, 0.3) is 5.91 Å². The third-order valence-corrected chi connectivity index (χ3v) is 6.80. The van der Waals surface area contributed by atoms with Crippen LogP contribution >= 0.6 is 35.0 Å². The third-order valence-electron chi connectivity index (χ3n) is 5.28. The summed E-state index contributed by atoms with van der Waals surface area (Å²) in [4.78, 5) is 12.7. The Labute approximate surface area is 211 Å². The molecule has 1 amide bonds. The molecule has 0 saturated carbocycles. The van der Waals surface area contributed by atoms with Crippen LogP contribution in [0.2, 0.25) is 10.0 Å². The van der Waals surface area contributed by atoms with E-state index in [9.17, 15) is 9.18 Å². The quantitative estimate of drug-likeness (QED) is 0.275. The lowest BCUT2D eigenvalue weighted by Gasteiger charge is -2.17. The molecule has 0 fully saturated rings. The molecule has 1 unspecified atom stereocenters. The Balaban J connectivity index is 1.68. The molecule has 0 saturated heterocycles. The predicted molar refractivity (Wildman–Crippen MR) is 134 cm³/mol. The van der Waals surface area contributed by atoms with E-state index in [0.29, 0.717) is 32.5 Å². The van der Waals surface area contributed by atoms with Crippen LogP contribution in [0.1, 0.15) is 40.3 Å². The molecule has 4 aromatic rings. The molecule has 0 aliphatic rings. The van der Waals surface area contributed by atoms with Crippen molar-refractivity contribution in [1.29, 1.82) is 0 Å². The van der Waals surface area contributed by atoms with Crippen molar-refractivity contribution >= 4 is 40.9 Å². The van der Waals surface area contributed by atoms with Crippen LogP contribution in [0.5, 0.6) is 0 Å². The molecule has 1 heterocycles. The smallest absolute Gasteiger partial charge is 0.254 e. The normalized spacial score (nSPS) is 11.9. The number of halogens is 3. The van der Waals surface area contributed by atoms with Crippen molar-refractivity contribution in [3.05, 3.63) is 105 Å². The van der Waals surface area contributed by atoms with E-state index in [0.717, 1.165) is 0 Å². The summed E-state index contributed by atoms with van der Waals surface area (Å²) in [6, 6.07) is 18.5. The number of hydrogen-bond donors (Lipinski definition) is 1. The molecule has 1 atom stereocenters. The second-order valence-electron chi connectivity index (χ2n) is 7.66. The zero-order valence-corrected chi connectivity index (χ0v) is 20.8. The predicted octanol–water partition coefficient (Wildman–Crippen LogP) is 6.80. The number of rotatable bonds is 7. The molecular formula is C25H21Cl2FN4OS. The van der Waals surface area contributed by atoms with Crippen LogP contribution < -0.4 is 5.32 Å². The molecular weight excluding hydrogens is 494 g/mol. The Hall–Kier alpha value is -2.87. The average Bonchev–Trinajstić information content (AvgIpc) is 3.22. The molecule has 0 radical (unpaired) electrons. The SMILES string of the molecule is Cc1ccccc1CSc1nnc(C(C)NC(=O)c2ccccc2F)n1-c1ccc(Cl)cc1Cl. The van der Waals surface area contributed by atoms with Gasteiger partial charge in [-0.1, -0.05) is 71.4 Å². The first-order valence-electron chi connectivity index (χ1n) is 10.5. The van der Waals surface area contributed by atoms with Crippen LogP contribution in [0.15, 0.2) is 71.9 Å². The second-order valence-corrected chi connectivity index (χ2v) is 9.45. The van der Waals surface area contributed by atoms with Crippen molar-refractivity contribution in [3.8, 4) is 5.69 Å². The van der Waals surface area contributed by atoms with E-state index < -0.39 is 17.8 Å². The summed E-state index contributed by atoms with van der Waals surface area (Å²) in [7, 11) is 0. The maximum Gasteiger partial charge on any atom is 0.254 e. The number of aryl methyl sites for hydroxylation is 1. The van der Waals surface area contributed by atoms with Crippen molar-refractivity contribution in [1.82, 2.24) is 20.1 Å². The molecule has 34 heavy (non-hydrogen) atoms. The first-order valence-corrected chi connectivity index (χ1v) is 12.2. The van der Waals surface area contributed by atoms with Crippen LogP contribution in [0, 0.1) is 12.7 Å². The number of carbonyl (C=O) groups excluding carboxylic acids is 1. The summed E-state index contributed by atoms with van der Waals surface area (Å²) in [5.41, 5.74) is 2.94. The van der Waals surface area contributed by atoms with E-state index in [1.54, 1.807) is 35.8 Å². The van der Waals surface area contributed by atoms with E-state index in [2.05, 4.69) is 34.6 Å². The molecule has 1 N–H and O–H groups in total. The Bertz CT molecular complexity index is 1340. The zero-order valence-electron chi connectivity index (χ0n) is 18.4. The highest BCUT2D eigenvalue weighted by molar-refractivity contribution is 7.98. The molecule has 1 aromatic heterocycles. The minimum atomic E-state index is -0.594. The van der Waals surface area contributed by atoms with Gasteiger partial charge in [0.1, 0.15) is 5.82 Å². The number of nitrogens with one attached hydrogen (secondary N) is 1. The number of nitrogens with zero attached hydrogens (tertiary/aromatic N) is 3. The van der Waals surface area contributed by atoms with Crippen molar-refractivity contribution in [2.45, 2.75) is 30.8 Å². The monoisotopic (exact) mass is 514 g/mol. The van der Waals surface area contributed by atoms with Gasteiger partial charge in [0.15, 0.2) is 11.0 Å². The van der Waals surface area contributed by atoms with Gasteiger partial charge in [-0.25, -0.2) is 4.39 Å². The van der Waals surface area contributed by atoms with Gasteiger partial charge in [-0.3, -0.25) is 9.36 Å². The van der Waals surface area contributed by atoms with Crippen LogP contribution in [-0.2, 0) is 5.75 Å². The fourth-order valence-electron chi connectivity index (χ4n) is 3.44. The van der Waals surface area contributed by atoms with E-state index in [1.807, 2.05) is 12.1 Å². The molecule has 0 aliphatic heterocycles.